The van der Waals surface area contributed by atoms with Crippen LogP contribution in [0.4, 0.5) is 0 Å². The number of nitrogens with two attached hydrogens (primary N) is 1. The first kappa shape index (κ1) is 15.0. The largest absolute Gasteiger partial charge is 0.334 e. The topological polar surface area (TPSA) is 46.3 Å². The van der Waals surface area contributed by atoms with Gasteiger partial charge in [-0.3, -0.25) is 4.79 Å². The van der Waals surface area contributed by atoms with Crippen molar-refractivity contribution in [3.05, 3.63) is 35.4 Å². The molecule has 0 radical (unpaired) electrons. The Balaban J connectivity index is 2.00. The van der Waals surface area contributed by atoms with Gasteiger partial charge in [0.2, 0.25) is 5.91 Å². The standard InChI is InChI=1S/C17H26N2O/c1-2-3-4-5-10-17(20)19-12-11-14-8-6-7-9-15(14)16(19)13-18/h6-9,16H,2-5,10-13,18H2,1H3. The molecule has 0 aliphatic carbocycles. The number of amides is 1. The summed E-state index contributed by atoms with van der Waals surface area (Å²) in [5.41, 5.74) is 8.51. The maximum Gasteiger partial charge on any atom is 0.223 e. The van der Waals surface area contributed by atoms with Crippen LogP contribution in [-0.2, 0) is 11.2 Å². The average Bonchev–Trinajstić information content (AvgIpc) is 2.50. The summed E-state index contributed by atoms with van der Waals surface area (Å²) in [6, 6.07) is 8.44. The third kappa shape index (κ3) is 3.40. The number of benzene rings is 1. The number of nitrogens with zero attached hydrogens (tertiary/aromatic N) is 1. The Kier molecular flexibility index (Phi) is 5.60. The van der Waals surface area contributed by atoms with Crippen LogP contribution >= 0.6 is 0 Å². The molecule has 20 heavy (non-hydrogen) atoms. The Morgan fingerprint density at radius 1 is 1.30 bits per heavy atom. The lowest BCUT2D eigenvalue weighted by Crippen LogP contribution is -2.43. The van der Waals surface area contributed by atoms with Crippen molar-refractivity contribution >= 4 is 5.91 Å². The molecule has 0 fully saturated rings. The normalized spacial score (nSPS) is 17.9. The Labute approximate surface area is 122 Å². The third-order valence-corrected chi connectivity index (χ3v) is 4.20. The summed E-state index contributed by atoms with van der Waals surface area (Å²) in [4.78, 5) is 14.4. The maximum absolute atomic E-state index is 12.4. The highest BCUT2D eigenvalue weighted by molar-refractivity contribution is 5.77. The number of hydrogen-bond acceptors (Lipinski definition) is 2. The Hall–Kier alpha value is -1.35. The van der Waals surface area contributed by atoms with Gasteiger partial charge in [-0.1, -0.05) is 50.5 Å². The van der Waals surface area contributed by atoms with E-state index in [2.05, 4.69) is 25.1 Å². The Morgan fingerprint density at radius 3 is 2.85 bits per heavy atom. The maximum atomic E-state index is 12.4. The highest BCUT2D eigenvalue weighted by atomic mass is 16.2. The molecule has 1 aliphatic rings. The second-order valence-electron chi connectivity index (χ2n) is 5.60. The molecule has 1 heterocycles. The number of fused-ring (bicyclic) bond motifs is 1. The molecule has 2 N–H and O–H groups in total. The van der Waals surface area contributed by atoms with Gasteiger partial charge in [-0.2, -0.15) is 0 Å². The minimum atomic E-state index is 0.0682. The van der Waals surface area contributed by atoms with Crippen molar-refractivity contribution in [2.45, 2.75) is 51.5 Å². The van der Waals surface area contributed by atoms with Crippen molar-refractivity contribution in [3.8, 4) is 0 Å². The van der Waals surface area contributed by atoms with E-state index in [0.717, 1.165) is 25.8 Å². The van der Waals surface area contributed by atoms with Gasteiger partial charge in [-0.25, -0.2) is 0 Å². The summed E-state index contributed by atoms with van der Waals surface area (Å²) < 4.78 is 0. The fourth-order valence-corrected chi connectivity index (χ4v) is 3.05. The first-order valence-corrected chi connectivity index (χ1v) is 7.85. The molecule has 110 valence electrons. The van der Waals surface area contributed by atoms with Crippen LogP contribution in [0, 0.1) is 0 Å². The summed E-state index contributed by atoms with van der Waals surface area (Å²) >= 11 is 0. The summed E-state index contributed by atoms with van der Waals surface area (Å²) in [6.45, 7) is 3.51. The van der Waals surface area contributed by atoms with Gasteiger partial charge < -0.3 is 10.6 Å². The molecule has 0 saturated carbocycles. The smallest absolute Gasteiger partial charge is 0.223 e. The van der Waals surface area contributed by atoms with E-state index in [1.165, 1.54) is 24.0 Å². The first-order valence-electron chi connectivity index (χ1n) is 7.85. The van der Waals surface area contributed by atoms with E-state index >= 15 is 0 Å². The van der Waals surface area contributed by atoms with Gasteiger partial charge in [0.1, 0.15) is 0 Å². The molecule has 1 unspecified atom stereocenters. The molecule has 1 atom stereocenters. The van der Waals surface area contributed by atoms with Gasteiger partial charge in [-0.05, 0) is 24.0 Å². The number of rotatable bonds is 6. The molecule has 0 aromatic heterocycles. The van der Waals surface area contributed by atoms with Crippen LogP contribution in [0.15, 0.2) is 24.3 Å². The fraction of sp³-hybridized carbons (Fsp3) is 0.588. The number of unbranched alkanes of at least 4 members (excludes halogenated alkanes) is 3. The van der Waals surface area contributed by atoms with Gasteiger partial charge in [0, 0.05) is 19.5 Å². The first-order chi connectivity index (χ1) is 9.77. The highest BCUT2D eigenvalue weighted by Crippen LogP contribution is 2.29. The van der Waals surface area contributed by atoms with Gasteiger partial charge >= 0.3 is 0 Å². The van der Waals surface area contributed by atoms with E-state index in [4.69, 9.17) is 5.73 Å². The number of hydrogen-bond donors (Lipinski definition) is 1. The van der Waals surface area contributed by atoms with E-state index in [9.17, 15) is 4.79 Å². The van der Waals surface area contributed by atoms with E-state index in [-0.39, 0.29) is 11.9 Å². The molecular weight excluding hydrogens is 248 g/mol. The molecule has 2 rings (SSSR count). The Morgan fingerprint density at radius 2 is 2.10 bits per heavy atom. The Bertz CT molecular complexity index is 444. The SMILES string of the molecule is CCCCCCC(=O)N1CCc2ccccc2C1CN. The van der Waals surface area contributed by atoms with Crippen LogP contribution in [0.5, 0.6) is 0 Å². The van der Waals surface area contributed by atoms with Crippen molar-refractivity contribution in [2.75, 3.05) is 13.1 Å². The van der Waals surface area contributed by atoms with Crippen LogP contribution < -0.4 is 5.73 Å². The number of carbonyl (C=O) groups excluding carboxylic acids is 1. The van der Waals surface area contributed by atoms with E-state index in [1.807, 2.05) is 11.0 Å². The molecule has 0 spiro atoms. The summed E-state index contributed by atoms with van der Waals surface area (Å²) in [5.74, 6) is 0.269. The van der Waals surface area contributed by atoms with Crippen molar-refractivity contribution in [3.63, 3.8) is 0 Å². The van der Waals surface area contributed by atoms with Gasteiger partial charge in [-0.15, -0.1) is 0 Å². The summed E-state index contributed by atoms with van der Waals surface area (Å²) in [5, 5.41) is 0. The average molecular weight is 274 g/mol. The second kappa shape index (κ2) is 7.44. The molecule has 1 amide bonds. The lowest BCUT2D eigenvalue weighted by Gasteiger charge is -2.37. The molecule has 1 aromatic rings. The monoisotopic (exact) mass is 274 g/mol. The van der Waals surface area contributed by atoms with Crippen LogP contribution in [0.2, 0.25) is 0 Å². The lowest BCUT2D eigenvalue weighted by molar-refractivity contribution is -0.134. The van der Waals surface area contributed by atoms with Crippen LogP contribution in [0.25, 0.3) is 0 Å². The third-order valence-electron chi connectivity index (χ3n) is 4.20. The van der Waals surface area contributed by atoms with E-state index < -0.39 is 0 Å². The molecule has 0 saturated heterocycles. The van der Waals surface area contributed by atoms with Gasteiger partial charge in [0.15, 0.2) is 0 Å². The predicted octanol–water partition coefficient (Wildman–Crippen LogP) is 3.04. The number of carbonyl (C=O) groups is 1. The fourth-order valence-electron chi connectivity index (χ4n) is 3.05. The van der Waals surface area contributed by atoms with Crippen LogP contribution in [-0.4, -0.2) is 23.9 Å². The van der Waals surface area contributed by atoms with Gasteiger partial charge in [0.25, 0.3) is 0 Å². The summed E-state index contributed by atoms with van der Waals surface area (Å²) in [7, 11) is 0. The van der Waals surface area contributed by atoms with Crippen molar-refractivity contribution in [1.29, 1.82) is 0 Å². The van der Waals surface area contributed by atoms with Gasteiger partial charge in [0.05, 0.1) is 6.04 Å². The minimum Gasteiger partial charge on any atom is -0.334 e. The molecule has 1 aromatic carbocycles. The highest BCUT2D eigenvalue weighted by Gasteiger charge is 2.28. The van der Waals surface area contributed by atoms with Crippen molar-refractivity contribution < 1.29 is 4.79 Å². The molecule has 0 bridgehead atoms. The molecule has 1 aliphatic heterocycles. The zero-order valence-electron chi connectivity index (χ0n) is 12.5. The molecular formula is C17H26N2O. The van der Waals surface area contributed by atoms with E-state index in [1.54, 1.807) is 0 Å². The molecule has 3 heteroatoms. The molecule has 3 nitrogen and oxygen atoms in total. The minimum absolute atomic E-state index is 0.0682. The van der Waals surface area contributed by atoms with Crippen molar-refractivity contribution in [2.24, 2.45) is 5.73 Å². The lowest BCUT2D eigenvalue weighted by atomic mass is 9.92. The quantitative estimate of drug-likeness (QED) is 0.810. The van der Waals surface area contributed by atoms with Crippen LogP contribution in [0.1, 0.15) is 56.2 Å². The summed E-state index contributed by atoms with van der Waals surface area (Å²) in [6.07, 6.45) is 6.20. The van der Waals surface area contributed by atoms with Crippen LogP contribution in [0.3, 0.4) is 0 Å². The predicted molar refractivity (Wildman–Crippen MR) is 82.4 cm³/mol. The zero-order valence-corrected chi connectivity index (χ0v) is 12.5. The van der Waals surface area contributed by atoms with E-state index in [0.29, 0.717) is 13.0 Å². The zero-order chi connectivity index (χ0) is 14.4. The second-order valence-corrected chi connectivity index (χ2v) is 5.60. The van der Waals surface area contributed by atoms with Crippen molar-refractivity contribution in [1.82, 2.24) is 4.90 Å².